The normalized spacial score (nSPS) is 13.2. The minimum atomic E-state index is -0.944. The van der Waals surface area contributed by atoms with E-state index in [0.29, 0.717) is 5.75 Å². The average molecular weight is 155 g/mol. The van der Waals surface area contributed by atoms with E-state index < -0.39 is 11.3 Å². The molecule has 0 amide bonds. The average Bonchev–Trinajstić information content (AvgIpc) is 1.67. The Balaban J connectivity index is 3.32. The summed E-state index contributed by atoms with van der Waals surface area (Å²) in [6.07, 6.45) is 1.82. The SMILES string of the molecule is CSCC(Cl)C(=O)O. The first-order valence-electron chi connectivity index (χ1n) is 2.04. The molecular formula is C4H7ClO2S. The lowest BCUT2D eigenvalue weighted by Crippen LogP contribution is -2.15. The van der Waals surface area contributed by atoms with E-state index in [1.807, 2.05) is 6.26 Å². The molecular weight excluding hydrogens is 148 g/mol. The maximum absolute atomic E-state index is 9.94. The van der Waals surface area contributed by atoms with Crippen LogP contribution in [0.5, 0.6) is 0 Å². The van der Waals surface area contributed by atoms with Gasteiger partial charge in [-0.15, -0.1) is 11.6 Å². The van der Waals surface area contributed by atoms with Gasteiger partial charge in [-0.25, -0.2) is 0 Å². The summed E-state index contributed by atoms with van der Waals surface area (Å²) in [5.74, 6) is -0.474. The van der Waals surface area contributed by atoms with Gasteiger partial charge in [-0.1, -0.05) is 0 Å². The van der Waals surface area contributed by atoms with Crippen LogP contribution >= 0.6 is 23.4 Å². The van der Waals surface area contributed by atoms with Gasteiger partial charge in [0.25, 0.3) is 0 Å². The van der Waals surface area contributed by atoms with Crippen LogP contribution in [0.3, 0.4) is 0 Å². The van der Waals surface area contributed by atoms with Gasteiger partial charge in [0.1, 0.15) is 5.38 Å². The molecule has 8 heavy (non-hydrogen) atoms. The zero-order valence-corrected chi connectivity index (χ0v) is 6.00. The van der Waals surface area contributed by atoms with Crippen LogP contribution in [0.2, 0.25) is 0 Å². The number of hydrogen-bond acceptors (Lipinski definition) is 2. The number of hydrogen-bond donors (Lipinski definition) is 1. The van der Waals surface area contributed by atoms with Crippen molar-refractivity contribution in [2.75, 3.05) is 12.0 Å². The highest BCUT2D eigenvalue weighted by atomic mass is 35.5. The van der Waals surface area contributed by atoms with Gasteiger partial charge < -0.3 is 5.11 Å². The lowest BCUT2D eigenvalue weighted by molar-refractivity contribution is -0.136. The molecule has 0 aliphatic rings. The van der Waals surface area contributed by atoms with Gasteiger partial charge >= 0.3 is 5.97 Å². The second-order valence-electron chi connectivity index (χ2n) is 1.26. The fraction of sp³-hybridized carbons (Fsp3) is 0.750. The van der Waals surface area contributed by atoms with Gasteiger partial charge in [0.15, 0.2) is 0 Å². The number of alkyl halides is 1. The largest absolute Gasteiger partial charge is 0.480 e. The topological polar surface area (TPSA) is 37.3 Å². The fourth-order valence-electron chi connectivity index (χ4n) is 0.218. The van der Waals surface area contributed by atoms with Crippen LogP contribution in [0.1, 0.15) is 0 Å². The number of rotatable bonds is 3. The van der Waals surface area contributed by atoms with Gasteiger partial charge in [0.05, 0.1) is 0 Å². The molecule has 2 nitrogen and oxygen atoms in total. The number of halogens is 1. The van der Waals surface area contributed by atoms with Crippen molar-refractivity contribution in [2.24, 2.45) is 0 Å². The molecule has 0 aromatic heterocycles. The quantitative estimate of drug-likeness (QED) is 0.618. The number of thioether (sulfide) groups is 1. The van der Waals surface area contributed by atoms with Crippen molar-refractivity contribution in [2.45, 2.75) is 5.38 Å². The second kappa shape index (κ2) is 4.04. The number of aliphatic carboxylic acids is 1. The summed E-state index contributed by atoms with van der Waals surface area (Å²) in [4.78, 5) is 9.94. The number of carbonyl (C=O) groups is 1. The van der Waals surface area contributed by atoms with Crippen LogP contribution in [-0.2, 0) is 4.79 Å². The van der Waals surface area contributed by atoms with Crippen LogP contribution in [0.25, 0.3) is 0 Å². The Labute approximate surface area is 57.2 Å². The molecule has 0 radical (unpaired) electrons. The molecule has 0 rings (SSSR count). The van der Waals surface area contributed by atoms with Crippen molar-refractivity contribution in [3.8, 4) is 0 Å². The van der Waals surface area contributed by atoms with Crippen molar-refractivity contribution in [3.05, 3.63) is 0 Å². The zero-order chi connectivity index (χ0) is 6.57. The zero-order valence-electron chi connectivity index (χ0n) is 4.43. The molecule has 0 aromatic rings. The molecule has 0 saturated heterocycles. The van der Waals surface area contributed by atoms with Crippen molar-refractivity contribution in [1.82, 2.24) is 0 Å². The molecule has 4 heteroatoms. The molecule has 0 saturated carbocycles. The Hall–Kier alpha value is 0.110. The Morgan fingerprint density at radius 2 is 2.50 bits per heavy atom. The van der Waals surface area contributed by atoms with E-state index in [1.54, 1.807) is 0 Å². The molecule has 0 heterocycles. The molecule has 0 aromatic carbocycles. The monoisotopic (exact) mass is 154 g/mol. The van der Waals surface area contributed by atoms with E-state index >= 15 is 0 Å². The molecule has 0 aliphatic carbocycles. The van der Waals surface area contributed by atoms with Crippen LogP contribution in [-0.4, -0.2) is 28.5 Å². The van der Waals surface area contributed by atoms with Crippen LogP contribution in [0.15, 0.2) is 0 Å². The van der Waals surface area contributed by atoms with E-state index in [4.69, 9.17) is 16.7 Å². The highest BCUT2D eigenvalue weighted by Gasteiger charge is 2.10. The number of carboxylic acid groups (broad SMARTS) is 1. The molecule has 0 bridgehead atoms. The van der Waals surface area contributed by atoms with Crippen LogP contribution in [0.4, 0.5) is 0 Å². The lowest BCUT2D eigenvalue weighted by atomic mass is 10.5. The van der Waals surface area contributed by atoms with E-state index in [9.17, 15) is 4.79 Å². The first-order chi connectivity index (χ1) is 3.68. The standard InChI is InChI=1S/C4H7ClO2S/c1-8-2-3(5)4(6)7/h3H,2H2,1H3,(H,6,7). The third-order valence-electron chi connectivity index (χ3n) is 0.581. The highest BCUT2D eigenvalue weighted by molar-refractivity contribution is 7.98. The summed E-state index contributed by atoms with van der Waals surface area (Å²) < 4.78 is 0. The molecule has 0 fully saturated rings. The maximum atomic E-state index is 9.94. The minimum absolute atomic E-state index is 0.469. The van der Waals surface area contributed by atoms with Gasteiger partial charge in [-0.05, 0) is 6.26 Å². The molecule has 0 spiro atoms. The summed E-state index contributed by atoms with van der Waals surface area (Å²) in [7, 11) is 0. The third-order valence-corrected chi connectivity index (χ3v) is 1.77. The Kier molecular flexibility index (Phi) is 4.09. The van der Waals surface area contributed by atoms with Crippen LogP contribution < -0.4 is 0 Å². The molecule has 1 atom stereocenters. The molecule has 0 aliphatic heterocycles. The predicted octanol–water partition coefficient (Wildman–Crippen LogP) is 1.04. The van der Waals surface area contributed by atoms with E-state index in [-0.39, 0.29) is 0 Å². The van der Waals surface area contributed by atoms with Crippen molar-refractivity contribution < 1.29 is 9.90 Å². The molecule has 1 N–H and O–H groups in total. The van der Waals surface area contributed by atoms with E-state index in [0.717, 1.165) is 0 Å². The summed E-state index contributed by atoms with van der Waals surface area (Å²) in [5, 5.41) is 7.44. The van der Waals surface area contributed by atoms with E-state index in [1.165, 1.54) is 11.8 Å². The summed E-state index contributed by atoms with van der Waals surface area (Å²) in [5.41, 5.74) is 0. The first-order valence-corrected chi connectivity index (χ1v) is 3.87. The predicted molar refractivity (Wildman–Crippen MR) is 35.7 cm³/mol. The smallest absolute Gasteiger partial charge is 0.322 e. The Morgan fingerprint density at radius 1 is 2.00 bits per heavy atom. The second-order valence-corrected chi connectivity index (χ2v) is 2.70. The first kappa shape index (κ1) is 8.11. The van der Waals surface area contributed by atoms with Crippen LogP contribution in [0, 0.1) is 0 Å². The van der Waals surface area contributed by atoms with Crippen molar-refractivity contribution in [1.29, 1.82) is 0 Å². The fourth-order valence-corrected chi connectivity index (χ4v) is 1.03. The molecule has 1 unspecified atom stereocenters. The van der Waals surface area contributed by atoms with E-state index in [2.05, 4.69) is 0 Å². The minimum Gasteiger partial charge on any atom is -0.480 e. The third kappa shape index (κ3) is 3.16. The maximum Gasteiger partial charge on any atom is 0.322 e. The van der Waals surface area contributed by atoms with Gasteiger partial charge in [0, 0.05) is 5.75 Å². The van der Waals surface area contributed by atoms with Gasteiger partial charge in [-0.2, -0.15) is 11.8 Å². The lowest BCUT2D eigenvalue weighted by Gasteiger charge is -1.97. The molecule has 48 valence electrons. The van der Waals surface area contributed by atoms with Gasteiger partial charge in [-0.3, -0.25) is 4.79 Å². The van der Waals surface area contributed by atoms with Gasteiger partial charge in [0.2, 0.25) is 0 Å². The Morgan fingerprint density at radius 3 is 2.62 bits per heavy atom. The Bertz CT molecular complexity index is 86.1. The number of carboxylic acids is 1. The summed E-state index contributed by atoms with van der Waals surface area (Å²) in [6.45, 7) is 0. The van der Waals surface area contributed by atoms with Crippen molar-refractivity contribution in [3.63, 3.8) is 0 Å². The summed E-state index contributed by atoms with van der Waals surface area (Å²) >= 11 is 6.72. The highest BCUT2D eigenvalue weighted by Crippen LogP contribution is 2.03. The van der Waals surface area contributed by atoms with Crippen molar-refractivity contribution >= 4 is 29.3 Å². The summed E-state index contributed by atoms with van der Waals surface area (Å²) in [6, 6.07) is 0.